The van der Waals surface area contributed by atoms with Gasteiger partial charge in [0, 0.05) is 40.0 Å². The van der Waals surface area contributed by atoms with E-state index in [1.165, 1.54) is 11.6 Å². The van der Waals surface area contributed by atoms with Crippen LogP contribution in [-0.4, -0.2) is 32.7 Å². The van der Waals surface area contributed by atoms with Crippen molar-refractivity contribution in [1.29, 1.82) is 0 Å². The van der Waals surface area contributed by atoms with Crippen molar-refractivity contribution in [3.63, 3.8) is 0 Å². The van der Waals surface area contributed by atoms with Crippen molar-refractivity contribution < 1.29 is 14.3 Å². The fourth-order valence-electron chi connectivity index (χ4n) is 4.27. The first kappa shape index (κ1) is 24.0. The highest BCUT2D eigenvalue weighted by Gasteiger charge is 2.18. The van der Waals surface area contributed by atoms with E-state index in [1.807, 2.05) is 105 Å². The third-order valence-electron chi connectivity index (χ3n) is 6.10. The van der Waals surface area contributed by atoms with Gasteiger partial charge in [0.1, 0.15) is 0 Å². The first-order valence-electron chi connectivity index (χ1n) is 11.5. The fraction of sp³-hybridized carbons (Fsp3) is 0.207. The van der Waals surface area contributed by atoms with E-state index in [0.29, 0.717) is 5.56 Å². The molecule has 0 atom stereocenters. The van der Waals surface area contributed by atoms with Gasteiger partial charge in [-0.05, 0) is 71.0 Å². The summed E-state index contributed by atoms with van der Waals surface area (Å²) in [6.07, 6.45) is 3.03. The Kier molecular flexibility index (Phi) is 6.82. The Balaban J connectivity index is 1.44. The molecule has 0 bridgehead atoms. The van der Waals surface area contributed by atoms with Gasteiger partial charge in [-0.1, -0.05) is 35.9 Å². The minimum absolute atomic E-state index is 0.234. The van der Waals surface area contributed by atoms with Crippen LogP contribution in [0.3, 0.4) is 0 Å². The zero-order chi connectivity index (χ0) is 25.1. The third-order valence-corrected chi connectivity index (χ3v) is 6.10. The molecular weight excluding hydrogens is 438 g/mol. The molecule has 0 saturated carbocycles. The number of carbonyl (C=O) groups excluding carboxylic acids is 2. The number of benzene rings is 2. The Labute approximate surface area is 205 Å². The van der Waals surface area contributed by atoms with E-state index in [-0.39, 0.29) is 12.4 Å². The zero-order valence-corrected chi connectivity index (χ0v) is 20.7. The molecule has 6 nitrogen and oxygen atoms in total. The molecule has 0 amide bonds. The van der Waals surface area contributed by atoms with Gasteiger partial charge in [-0.2, -0.15) is 5.10 Å². The molecular formula is C29H29N3O3. The molecule has 4 aromatic rings. The Morgan fingerprint density at radius 2 is 1.57 bits per heavy atom. The molecule has 6 heteroatoms. The molecule has 0 aliphatic carbocycles. The smallest absolute Gasteiger partial charge is 0.331 e. The maximum atomic E-state index is 12.8. The molecule has 0 radical (unpaired) electrons. The van der Waals surface area contributed by atoms with Crippen molar-refractivity contribution >= 4 is 17.8 Å². The van der Waals surface area contributed by atoms with Gasteiger partial charge in [0.15, 0.2) is 6.61 Å². The van der Waals surface area contributed by atoms with Crippen molar-refractivity contribution in [2.45, 2.75) is 34.6 Å². The topological polar surface area (TPSA) is 66.1 Å². The van der Waals surface area contributed by atoms with E-state index >= 15 is 0 Å². The van der Waals surface area contributed by atoms with E-state index < -0.39 is 5.97 Å². The Morgan fingerprint density at radius 3 is 2.26 bits per heavy atom. The summed E-state index contributed by atoms with van der Waals surface area (Å²) in [5.41, 5.74) is 7.99. The predicted molar refractivity (Wildman–Crippen MR) is 137 cm³/mol. The first-order valence-corrected chi connectivity index (χ1v) is 11.5. The lowest BCUT2D eigenvalue weighted by Gasteiger charge is -2.10. The monoisotopic (exact) mass is 467 g/mol. The summed E-state index contributed by atoms with van der Waals surface area (Å²) in [7, 11) is 0. The van der Waals surface area contributed by atoms with Crippen LogP contribution in [0.5, 0.6) is 0 Å². The number of ether oxygens (including phenoxy) is 1. The van der Waals surface area contributed by atoms with Crippen molar-refractivity contribution in [3.05, 3.63) is 106 Å². The van der Waals surface area contributed by atoms with Gasteiger partial charge in [-0.3, -0.25) is 4.79 Å². The van der Waals surface area contributed by atoms with Crippen LogP contribution in [0.15, 0.2) is 66.7 Å². The van der Waals surface area contributed by atoms with Gasteiger partial charge < -0.3 is 9.30 Å². The lowest BCUT2D eigenvalue weighted by Crippen LogP contribution is -2.13. The minimum atomic E-state index is -0.572. The van der Waals surface area contributed by atoms with Gasteiger partial charge in [0.25, 0.3) is 0 Å². The Bertz CT molecular complexity index is 1410. The van der Waals surface area contributed by atoms with Gasteiger partial charge in [-0.15, -0.1) is 0 Å². The lowest BCUT2D eigenvalue weighted by molar-refractivity contribution is -0.136. The molecule has 178 valence electrons. The van der Waals surface area contributed by atoms with Crippen molar-refractivity contribution in [2.75, 3.05) is 6.61 Å². The second kappa shape index (κ2) is 9.97. The molecule has 0 aliphatic rings. The second-order valence-corrected chi connectivity index (χ2v) is 8.65. The highest BCUT2D eigenvalue weighted by Crippen LogP contribution is 2.22. The summed E-state index contributed by atoms with van der Waals surface area (Å²) in [4.78, 5) is 25.2. The molecule has 0 spiro atoms. The summed E-state index contributed by atoms with van der Waals surface area (Å²) < 4.78 is 9.14. The molecule has 0 saturated heterocycles. The predicted octanol–water partition coefficient (Wildman–Crippen LogP) is 5.64. The molecule has 2 heterocycles. The van der Waals surface area contributed by atoms with Crippen LogP contribution in [0.25, 0.3) is 17.5 Å². The molecule has 0 fully saturated rings. The zero-order valence-electron chi connectivity index (χ0n) is 20.7. The summed E-state index contributed by atoms with van der Waals surface area (Å²) in [5.74, 6) is -0.806. The molecule has 0 aliphatic heterocycles. The summed E-state index contributed by atoms with van der Waals surface area (Å²) >= 11 is 0. The van der Waals surface area contributed by atoms with Crippen molar-refractivity contribution in [1.82, 2.24) is 14.3 Å². The largest absolute Gasteiger partial charge is 0.454 e. The summed E-state index contributed by atoms with van der Waals surface area (Å²) in [6, 6.07) is 19.8. The third kappa shape index (κ3) is 5.01. The number of carbonyl (C=O) groups is 2. The first-order chi connectivity index (χ1) is 16.8. The maximum absolute atomic E-state index is 12.8. The van der Waals surface area contributed by atoms with Crippen molar-refractivity contribution in [3.8, 4) is 11.4 Å². The van der Waals surface area contributed by atoms with Crippen LogP contribution in [-0.2, 0) is 9.53 Å². The number of para-hydroxylation sites is 1. The van der Waals surface area contributed by atoms with Crippen molar-refractivity contribution in [2.24, 2.45) is 0 Å². The molecule has 0 unspecified atom stereocenters. The Hall–Kier alpha value is -4.19. The maximum Gasteiger partial charge on any atom is 0.331 e. The molecule has 4 rings (SSSR count). The average Bonchev–Trinajstić information content (AvgIpc) is 3.31. The second-order valence-electron chi connectivity index (χ2n) is 8.65. The number of rotatable bonds is 7. The van der Waals surface area contributed by atoms with Crippen LogP contribution in [0.1, 0.15) is 44.3 Å². The summed E-state index contributed by atoms with van der Waals surface area (Å²) in [5, 5.41) is 4.58. The standard InChI is InChI=1S/C29H29N3O3/c1-19-11-13-24(14-12-19)31-20(2)17-27(22(31)4)28(33)18-35-29(34)16-15-26-21(3)30-32(23(26)5)25-9-7-6-8-10-25/h6-17H,18H2,1-5H3/b16-15+. The number of aromatic nitrogens is 3. The number of esters is 1. The van der Waals surface area contributed by atoms with Crippen LogP contribution >= 0.6 is 0 Å². The van der Waals surface area contributed by atoms with Gasteiger partial charge in [0.05, 0.1) is 11.4 Å². The highest BCUT2D eigenvalue weighted by atomic mass is 16.5. The van der Waals surface area contributed by atoms with Gasteiger partial charge >= 0.3 is 5.97 Å². The van der Waals surface area contributed by atoms with E-state index in [1.54, 1.807) is 6.08 Å². The number of hydrogen-bond donors (Lipinski definition) is 0. The number of hydrogen-bond acceptors (Lipinski definition) is 4. The average molecular weight is 468 g/mol. The fourth-order valence-corrected chi connectivity index (χ4v) is 4.27. The summed E-state index contributed by atoms with van der Waals surface area (Å²) in [6.45, 7) is 9.42. The van der Waals surface area contributed by atoms with Gasteiger partial charge in [-0.25, -0.2) is 9.48 Å². The molecule has 0 N–H and O–H groups in total. The lowest BCUT2D eigenvalue weighted by atomic mass is 10.1. The van der Waals surface area contributed by atoms with E-state index in [2.05, 4.69) is 5.10 Å². The van der Waals surface area contributed by atoms with Gasteiger partial charge in [0.2, 0.25) is 5.78 Å². The highest BCUT2D eigenvalue weighted by molar-refractivity contribution is 6.00. The van der Waals surface area contributed by atoms with Crippen LogP contribution < -0.4 is 0 Å². The van der Waals surface area contributed by atoms with Crippen LogP contribution in [0.4, 0.5) is 0 Å². The van der Waals surface area contributed by atoms with E-state index in [4.69, 9.17) is 4.74 Å². The van der Waals surface area contributed by atoms with Crippen LogP contribution in [0.2, 0.25) is 0 Å². The number of nitrogens with zero attached hydrogens (tertiary/aromatic N) is 3. The number of aryl methyl sites for hydroxylation is 3. The molecule has 2 aromatic heterocycles. The number of Topliss-reactive ketones (excluding diaryl/α,β-unsaturated/α-hetero) is 1. The quantitative estimate of drug-likeness (QED) is 0.200. The number of ketones is 1. The van der Waals surface area contributed by atoms with E-state index in [0.717, 1.165) is 39.7 Å². The minimum Gasteiger partial charge on any atom is -0.454 e. The van der Waals surface area contributed by atoms with Crippen LogP contribution in [0, 0.1) is 34.6 Å². The molecule has 2 aromatic carbocycles. The van der Waals surface area contributed by atoms with E-state index in [9.17, 15) is 9.59 Å². The normalized spacial score (nSPS) is 11.2. The Morgan fingerprint density at radius 1 is 0.886 bits per heavy atom. The SMILES string of the molecule is Cc1ccc(-n2c(C)cc(C(=O)COC(=O)/C=C/c3c(C)nn(-c4ccccc4)c3C)c2C)cc1. The molecule has 35 heavy (non-hydrogen) atoms.